The van der Waals surface area contributed by atoms with E-state index in [9.17, 15) is 19.1 Å². The molecule has 1 saturated carbocycles. The van der Waals surface area contributed by atoms with E-state index in [1.165, 1.54) is 0 Å². The van der Waals surface area contributed by atoms with E-state index in [-0.39, 0.29) is 5.92 Å². The Labute approximate surface area is 180 Å². The van der Waals surface area contributed by atoms with Gasteiger partial charge in [-0.25, -0.2) is 4.98 Å². The number of benzene rings is 1. The molecule has 2 aromatic rings. The molecule has 1 amide bonds. The predicted molar refractivity (Wildman–Crippen MR) is 115 cm³/mol. The van der Waals surface area contributed by atoms with E-state index in [0.29, 0.717) is 47.3 Å². The lowest BCUT2D eigenvalue weighted by Gasteiger charge is -2.24. The molecule has 0 radical (unpaired) electrons. The number of carbonyl (C=O) groups is 2. The zero-order valence-electron chi connectivity index (χ0n) is 17.6. The molecule has 1 aliphatic rings. The lowest BCUT2D eigenvalue weighted by Crippen LogP contribution is -2.38. The Morgan fingerprint density at radius 2 is 1.97 bits per heavy atom. The molecule has 1 aromatic heterocycles. The number of hydrogen-bond donors (Lipinski definition) is 4. The molecule has 164 valence electrons. The van der Waals surface area contributed by atoms with E-state index in [4.69, 9.17) is 11.1 Å². The van der Waals surface area contributed by atoms with Gasteiger partial charge in [0.05, 0.1) is 23.6 Å². The maximum Gasteiger partial charge on any atom is 0.307 e. The number of rotatable bonds is 7. The average molecular weight is 426 g/mol. The van der Waals surface area contributed by atoms with Crippen molar-refractivity contribution in [3.05, 3.63) is 58.7 Å². The van der Waals surface area contributed by atoms with Crippen LogP contribution in [0.3, 0.4) is 0 Å². The van der Waals surface area contributed by atoms with Crippen molar-refractivity contribution in [2.45, 2.75) is 45.1 Å². The summed E-state index contributed by atoms with van der Waals surface area (Å²) in [5.74, 6) is -3.44. The number of carbonyl (C=O) groups excluding carboxylic acids is 1. The van der Waals surface area contributed by atoms with Crippen molar-refractivity contribution < 1.29 is 19.1 Å². The summed E-state index contributed by atoms with van der Waals surface area (Å²) in [6.07, 6.45) is 2.72. The van der Waals surface area contributed by atoms with Gasteiger partial charge in [0.25, 0.3) is 0 Å². The highest BCUT2D eigenvalue weighted by Gasteiger charge is 2.38. The number of halogens is 1. The molecule has 0 bridgehead atoms. The Morgan fingerprint density at radius 3 is 2.55 bits per heavy atom. The molecule has 3 atom stereocenters. The lowest BCUT2D eigenvalue weighted by atomic mass is 9.93. The van der Waals surface area contributed by atoms with Crippen molar-refractivity contribution in [3.8, 4) is 0 Å². The molecule has 1 heterocycles. The van der Waals surface area contributed by atoms with Gasteiger partial charge in [0, 0.05) is 23.0 Å². The molecule has 1 fully saturated rings. The second kappa shape index (κ2) is 9.24. The zero-order chi connectivity index (χ0) is 22.7. The normalized spacial score (nSPS) is 19.2. The number of nitrogens with zero attached hydrogens (tertiary/aromatic N) is 1. The number of anilines is 1. The maximum atomic E-state index is 14.6. The zero-order valence-corrected chi connectivity index (χ0v) is 17.6. The third-order valence-corrected chi connectivity index (χ3v) is 5.87. The second-order valence-electron chi connectivity index (χ2n) is 8.23. The van der Waals surface area contributed by atoms with E-state index in [2.05, 4.69) is 10.3 Å². The fourth-order valence-corrected chi connectivity index (χ4v) is 4.10. The SMILES string of the molecule is CC(C)c1ccc([C@@H](NC(=O)[C@@H]2CCC[C@@H]2C(=O)O)c2ccc(C=N)c(N)c2)nc1F. The van der Waals surface area contributed by atoms with E-state index >= 15 is 0 Å². The summed E-state index contributed by atoms with van der Waals surface area (Å²) in [6.45, 7) is 3.73. The molecule has 1 aliphatic carbocycles. The molecule has 5 N–H and O–H groups in total. The largest absolute Gasteiger partial charge is 0.481 e. The fraction of sp³-hybridized carbons (Fsp3) is 0.391. The maximum absolute atomic E-state index is 14.6. The standard InChI is InChI=1S/C23H27FN4O3/c1-12(2)15-8-9-19(27-21(15)24)20(13-6-7-14(11-25)18(26)10-13)28-22(29)16-4-3-5-17(16)23(30)31/h6-12,16-17,20,25H,3-5,26H2,1-2H3,(H,28,29)(H,30,31)/t16-,17+,20+/m1/s1. The van der Waals surface area contributed by atoms with Crippen LogP contribution >= 0.6 is 0 Å². The first-order valence-corrected chi connectivity index (χ1v) is 10.3. The van der Waals surface area contributed by atoms with Crippen molar-refractivity contribution >= 4 is 23.8 Å². The molecule has 3 rings (SSSR count). The third-order valence-electron chi connectivity index (χ3n) is 5.87. The summed E-state index contributed by atoms with van der Waals surface area (Å²) in [4.78, 5) is 28.6. The first kappa shape index (κ1) is 22.4. The Bertz CT molecular complexity index is 1010. The number of carboxylic acid groups (broad SMARTS) is 1. The van der Waals surface area contributed by atoms with Crippen LogP contribution in [-0.2, 0) is 9.59 Å². The Morgan fingerprint density at radius 1 is 1.26 bits per heavy atom. The van der Waals surface area contributed by atoms with Gasteiger partial charge in [-0.3, -0.25) is 9.59 Å². The van der Waals surface area contributed by atoms with Crippen molar-refractivity contribution in [2.24, 2.45) is 11.8 Å². The van der Waals surface area contributed by atoms with Crippen LogP contribution in [0.5, 0.6) is 0 Å². The highest BCUT2D eigenvalue weighted by molar-refractivity contribution is 5.87. The van der Waals surface area contributed by atoms with Crippen LogP contribution in [0.4, 0.5) is 10.1 Å². The molecular weight excluding hydrogens is 399 g/mol. The first-order valence-electron chi connectivity index (χ1n) is 10.3. The van der Waals surface area contributed by atoms with Gasteiger partial charge in [-0.2, -0.15) is 4.39 Å². The minimum absolute atomic E-state index is 0.0491. The van der Waals surface area contributed by atoms with E-state index in [1.807, 2.05) is 13.8 Å². The Hall–Kier alpha value is -3.29. The molecule has 31 heavy (non-hydrogen) atoms. The number of nitrogens with one attached hydrogen (secondary N) is 2. The first-order chi connectivity index (χ1) is 14.7. The number of nitrogens with two attached hydrogens (primary N) is 1. The minimum atomic E-state index is -0.987. The molecular formula is C23H27FN4O3. The van der Waals surface area contributed by atoms with Crippen LogP contribution in [0, 0.1) is 23.2 Å². The van der Waals surface area contributed by atoms with Crippen LogP contribution in [0.2, 0.25) is 0 Å². The van der Waals surface area contributed by atoms with Crippen molar-refractivity contribution in [1.29, 1.82) is 5.41 Å². The summed E-state index contributed by atoms with van der Waals surface area (Å²) in [7, 11) is 0. The summed E-state index contributed by atoms with van der Waals surface area (Å²) in [6, 6.07) is 7.46. The summed E-state index contributed by atoms with van der Waals surface area (Å²) < 4.78 is 14.6. The van der Waals surface area contributed by atoms with Gasteiger partial charge in [-0.05, 0) is 36.5 Å². The number of carboxylic acids is 1. The molecule has 0 saturated heterocycles. The Kier molecular flexibility index (Phi) is 6.68. The van der Waals surface area contributed by atoms with Crippen molar-refractivity contribution in [3.63, 3.8) is 0 Å². The topological polar surface area (TPSA) is 129 Å². The highest BCUT2D eigenvalue weighted by atomic mass is 19.1. The van der Waals surface area contributed by atoms with Crippen LogP contribution in [0.15, 0.2) is 30.3 Å². The molecule has 7 nitrogen and oxygen atoms in total. The number of nitrogen functional groups attached to an aromatic ring is 1. The van der Waals surface area contributed by atoms with E-state index in [0.717, 1.165) is 6.21 Å². The molecule has 0 spiro atoms. The third kappa shape index (κ3) is 4.73. The van der Waals surface area contributed by atoms with E-state index < -0.39 is 35.7 Å². The fourth-order valence-electron chi connectivity index (χ4n) is 4.10. The van der Waals surface area contributed by atoms with Crippen LogP contribution in [0.1, 0.15) is 67.5 Å². The van der Waals surface area contributed by atoms with Gasteiger partial charge in [0.15, 0.2) is 0 Å². The van der Waals surface area contributed by atoms with Gasteiger partial charge in [0.1, 0.15) is 0 Å². The molecule has 1 aromatic carbocycles. The van der Waals surface area contributed by atoms with Gasteiger partial charge in [-0.1, -0.05) is 38.5 Å². The number of aromatic nitrogens is 1. The number of pyridine rings is 1. The average Bonchev–Trinajstić information content (AvgIpc) is 3.22. The predicted octanol–water partition coefficient (Wildman–Crippen LogP) is 3.63. The monoisotopic (exact) mass is 426 g/mol. The smallest absolute Gasteiger partial charge is 0.307 e. The quantitative estimate of drug-likeness (QED) is 0.305. The minimum Gasteiger partial charge on any atom is -0.481 e. The number of aliphatic carboxylic acids is 1. The molecule has 0 aliphatic heterocycles. The molecule has 8 heteroatoms. The number of amides is 1. The summed E-state index contributed by atoms with van der Waals surface area (Å²) in [5.41, 5.74) is 8.22. The van der Waals surface area contributed by atoms with Gasteiger partial charge >= 0.3 is 5.97 Å². The van der Waals surface area contributed by atoms with Gasteiger partial charge < -0.3 is 21.6 Å². The van der Waals surface area contributed by atoms with Gasteiger partial charge in [-0.15, -0.1) is 0 Å². The summed E-state index contributed by atoms with van der Waals surface area (Å²) >= 11 is 0. The second-order valence-corrected chi connectivity index (χ2v) is 8.23. The van der Waals surface area contributed by atoms with Gasteiger partial charge in [0.2, 0.25) is 11.9 Å². The van der Waals surface area contributed by atoms with Crippen LogP contribution in [-0.4, -0.2) is 28.2 Å². The van der Waals surface area contributed by atoms with Crippen molar-refractivity contribution in [2.75, 3.05) is 5.73 Å². The van der Waals surface area contributed by atoms with Crippen LogP contribution < -0.4 is 11.1 Å². The molecule has 0 unspecified atom stereocenters. The lowest BCUT2D eigenvalue weighted by molar-refractivity contribution is -0.146. The highest BCUT2D eigenvalue weighted by Crippen LogP contribution is 2.34. The number of hydrogen-bond acceptors (Lipinski definition) is 5. The Balaban J connectivity index is 1.99. The summed E-state index contributed by atoms with van der Waals surface area (Å²) in [5, 5.41) is 19.7. The van der Waals surface area contributed by atoms with Crippen LogP contribution in [0.25, 0.3) is 0 Å². The van der Waals surface area contributed by atoms with Crippen molar-refractivity contribution in [1.82, 2.24) is 10.3 Å². The van der Waals surface area contributed by atoms with E-state index in [1.54, 1.807) is 30.3 Å².